The van der Waals surface area contributed by atoms with Gasteiger partial charge in [0.15, 0.2) is 0 Å². The highest BCUT2D eigenvalue weighted by atomic mass is 16.4. The van der Waals surface area contributed by atoms with Gasteiger partial charge in [-0.25, -0.2) is 9.59 Å². The van der Waals surface area contributed by atoms with Crippen LogP contribution in [0.1, 0.15) is 12.8 Å². The molecule has 0 radical (unpaired) electrons. The van der Waals surface area contributed by atoms with Gasteiger partial charge in [0.2, 0.25) is 5.91 Å². The van der Waals surface area contributed by atoms with E-state index in [0.717, 1.165) is 0 Å². The number of hydrogen-bond donors (Lipinski definition) is 2. The predicted octanol–water partition coefficient (Wildman–Crippen LogP) is 1.11. The molecule has 0 spiro atoms. The molecule has 0 aromatic heterocycles. The first-order chi connectivity index (χ1) is 10.1. The van der Waals surface area contributed by atoms with E-state index in [1.807, 2.05) is 0 Å². The maximum absolute atomic E-state index is 12.6. The highest BCUT2D eigenvalue weighted by molar-refractivity contribution is 6.09. The number of benzene rings is 1. The van der Waals surface area contributed by atoms with Crippen molar-refractivity contribution < 1.29 is 19.5 Å². The Morgan fingerprint density at radius 1 is 1.29 bits per heavy atom. The second-order valence-corrected chi connectivity index (χ2v) is 5.12. The first kappa shape index (κ1) is 13.4. The number of likely N-dealkylation sites (tertiary alicyclic amines) is 1. The summed E-state index contributed by atoms with van der Waals surface area (Å²) in [6.45, 7) is 0.300. The number of carboxylic acid groups (broad SMARTS) is 1. The number of urea groups is 1. The zero-order chi connectivity index (χ0) is 15.0. The van der Waals surface area contributed by atoms with E-state index >= 15 is 0 Å². The second-order valence-electron chi connectivity index (χ2n) is 5.12. The molecule has 1 aromatic rings. The Morgan fingerprint density at radius 3 is 2.81 bits per heavy atom. The molecule has 110 valence electrons. The van der Waals surface area contributed by atoms with Crippen LogP contribution in [0.15, 0.2) is 24.3 Å². The number of amides is 3. The molecule has 21 heavy (non-hydrogen) atoms. The number of hydrogen-bond acceptors (Lipinski definition) is 3. The van der Waals surface area contributed by atoms with Crippen LogP contribution < -0.4 is 10.2 Å². The molecule has 1 unspecified atom stereocenters. The van der Waals surface area contributed by atoms with Crippen LogP contribution in [-0.4, -0.2) is 47.0 Å². The first-order valence-corrected chi connectivity index (χ1v) is 6.78. The summed E-state index contributed by atoms with van der Waals surface area (Å²) in [4.78, 5) is 38.3. The van der Waals surface area contributed by atoms with Crippen LogP contribution in [0.25, 0.3) is 0 Å². The van der Waals surface area contributed by atoms with Crippen LogP contribution in [0.5, 0.6) is 0 Å². The predicted molar refractivity (Wildman–Crippen MR) is 75.2 cm³/mol. The van der Waals surface area contributed by atoms with Crippen LogP contribution >= 0.6 is 0 Å². The van der Waals surface area contributed by atoms with E-state index in [-0.39, 0.29) is 12.5 Å². The van der Waals surface area contributed by atoms with Gasteiger partial charge in [-0.2, -0.15) is 0 Å². The van der Waals surface area contributed by atoms with Crippen LogP contribution in [0.2, 0.25) is 0 Å². The Bertz CT molecular complexity index is 616. The highest BCUT2D eigenvalue weighted by Gasteiger charge is 2.38. The summed E-state index contributed by atoms with van der Waals surface area (Å²) >= 11 is 0. The van der Waals surface area contributed by atoms with Gasteiger partial charge in [0, 0.05) is 6.54 Å². The fourth-order valence-corrected chi connectivity index (χ4v) is 2.81. The first-order valence-electron chi connectivity index (χ1n) is 6.78. The van der Waals surface area contributed by atoms with Crippen molar-refractivity contribution in [1.29, 1.82) is 0 Å². The molecule has 7 nitrogen and oxygen atoms in total. The standard InChI is InChI=1S/C14H15N3O4/c18-12-8-17(10-5-2-1-4-9(10)15-12)14(21)16-7-3-6-11(16)13(19)20/h1-2,4-5,11H,3,6-8H2,(H,15,18)(H,19,20). The van der Waals surface area contributed by atoms with Crippen molar-refractivity contribution in [1.82, 2.24) is 4.90 Å². The van der Waals surface area contributed by atoms with E-state index in [1.54, 1.807) is 24.3 Å². The lowest BCUT2D eigenvalue weighted by atomic mass is 10.2. The molecule has 7 heteroatoms. The molecular weight excluding hydrogens is 274 g/mol. The van der Waals surface area contributed by atoms with Gasteiger partial charge < -0.3 is 15.3 Å². The van der Waals surface area contributed by atoms with E-state index in [1.165, 1.54) is 9.80 Å². The summed E-state index contributed by atoms with van der Waals surface area (Å²) in [7, 11) is 0. The average Bonchev–Trinajstić information content (AvgIpc) is 2.95. The van der Waals surface area contributed by atoms with Gasteiger partial charge >= 0.3 is 12.0 Å². The van der Waals surface area contributed by atoms with Crippen LogP contribution in [0.4, 0.5) is 16.2 Å². The SMILES string of the molecule is O=C1CN(C(=O)N2CCCC2C(=O)O)c2ccccc2N1. The number of carbonyl (C=O) groups is 3. The molecule has 0 saturated carbocycles. The lowest BCUT2D eigenvalue weighted by molar-refractivity contribution is -0.141. The summed E-state index contributed by atoms with van der Waals surface area (Å²) in [6, 6.07) is 5.75. The van der Waals surface area contributed by atoms with Crippen molar-refractivity contribution in [2.24, 2.45) is 0 Å². The van der Waals surface area contributed by atoms with Crippen LogP contribution in [0, 0.1) is 0 Å². The number of para-hydroxylation sites is 2. The largest absolute Gasteiger partial charge is 0.480 e. The number of fused-ring (bicyclic) bond motifs is 1. The minimum Gasteiger partial charge on any atom is -0.480 e. The van der Waals surface area contributed by atoms with Gasteiger partial charge in [-0.3, -0.25) is 9.69 Å². The van der Waals surface area contributed by atoms with Crippen molar-refractivity contribution in [2.45, 2.75) is 18.9 Å². The summed E-state index contributed by atoms with van der Waals surface area (Å²) in [5.74, 6) is -1.29. The molecule has 0 aliphatic carbocycles. The van der Waals surface area contributed by atoms with E-state index < -0.39 is 18.0 Å². The summed E-state index contributed by atoms with van der Waals surface area (Å²) in [5, 5.41) is 11.9. The van der Waals surface area contributed by atoms with Gasteiger partial charge in [-0.1, -0.05) is 12.1 Å². The Kier molecular flexibility index (Phi) is 3.25. The summed E-state index contributed by atoms with van der Waals surface area (Å²) in [6.07, 6.45) is 1.10. The smallest absolute Gasteiger partial charge is 0.326 e. The molecule has 3 amide bonds. The number of anilines is 2. The third kappa shape index (κ3) is 2.31. The van der Waals surface area contributed by atoms with Crippen LogP contribution in [-0.2, 0) is 9.59 Å². The lowest BCUT2D eigenvalue weighted by Gasteiger charge is -2.33. The van der Waals surface area contributed by atoms with E-state index in [9.17, 15) is 19.5 Å². The van der Waals surface area contributed by atoms with Crippen molar-refractivity contribution >= 4 is 29.3 Å². The topological polar surface area (TPSA) is 90.0 Å². The third-order valence-corrected chi connectivity index (χ3v) is 3.79. The Morgan fingerprint density at radius 2 is 2.05 bits per heavy atom. The normalized spacial score (nSPS) is 21.0. The molecule has 1 aromatic carbocycles. The minimum absolute atomic E-state index is 0.0985. The number of nitrogens with one attached hydrogen (secondary N) is 1. The Labute approximate surface area is 121 Å². The molecular formula is C14H15N3O4. The molecule has 1 fully saturated rings. The molecule has 2 aliphatic rings. The number of nitrogens with zero attached hydrogens (tertiary/aromatic N) is 2. The minimum atomic E-state index is -1.00. The zero-order valence-electron chi connectivity index (χ0n) is 11.3. The van der Waals surface area contributed by atoms with Gasteiger partial charge in [-0.15, -0.1) is 0 Å². The van der Waals surface area contributed by atoms with Crippen molar-refractivity contribution in [3.05, 3.63) is 24.3 Å². The quantitative estimate of drug-likeness (QED) is 0.810. The van der Waals surface area contributed by atoms with E-state index in [4.69, 9.17) is 0 Å². The van der Waals surface area contributed by atoms with E-state index in [0.29, 0.717) is 30.8 Å². The molecule has 2 heterocycles. The molecule has 1 atom stereocenters. The third-order valence-electron chi connectivity index (χ3n) is 3.79. The van der Waals surface area contributed by atoms with Gasteiger partial charge in [-0.05, 0) is 25.0 Å². The van der Waals surface area contributed by atoms with Gasteiger partial charge in [0.05, 0.1) is 11.4 Å². The molecule has 2 N–H and O–H groups in total. The highest BCUT2D eigenvalue weighted by Crippen LogP contribution is 2.31. The molecule has 0 bridgehead atoms. The van der Waals surface area contributed by atoms with Crippen molar-refractivity contribution in [2.75, 3.05) is 23.3 Å². The summed E-state index contributed by atoms with van der Waals surface area (Å²) in [5.41, 5.74) is 1.16. The van der Waals surface area contributed by atoms with Gasteiger partial charge in [0.25, 0.3) is 0 Å². The molecule has 1 saturated heterocycles. The Balaban J connectivity index is 1.91. The maximum Gasteiger partial charge on any atom is 0.326 e. The van der Waals surface area contributed by atoms with Crippen LogP contribution in [0.3, 0.4) is 0 Å². The lowest BCUT2D eigenvalue weighted by Crippen LogP contribution is -2.51. The molecule has 2 aliphatic heterocycles. The number of rotatable bonds is 1. The number of carbonyl (C=O) groups excluding carboxylic acids is 2. The second kappa shape index (κ2) is 5.08. The fourth-order valence-electron chi connectivity index (χ4n) is 2.81. The average molecular weight is 289 g/mol. The van der Waals surface area contributed by atoms with Crippen molar-refractivity contribution in [3.8, 4) is 0 Å². The number of aliphatic carboxylic acids is 1. The van der Waals surface area contributed by atoms with Gasteiger partial charge in [0.1, 0.15) is 12.6 Å². The summed E-state index contributed by atoms with van der Waals surface area (Å²) < 4.78 is 0. The maximum atomic E-state index is 12.6. The van der Waals surface area contributed by atoms with E-state index in [2.05, 4.69) is 5.32 Å². The monoisotopic (exact) mass is 289 g/mol. The molecule has 3 rings (SSSR count). The Hall–Kier alpha value is -2.57. The zero-order valence-corrected chi connectivity index (χ0v) is 11.3. The van der Waals surface area contributed by atoms with Crippen molar-refractivity contribution in [3.63, 3.8) is 0 Å². The fraction of sp³-hybridized carbons (Fsp3) is 0.357. The number of carboxylic acids is 1.